The van der Waals surface area contributed by atoms with Crippen molar-refractivity contribution in [1.82, 2.24) is 4.31 Å². The van der Waals surface area contributed by atoms with Gasteiger partial charge >= 0.3 is 5.97 Å². The first kappa shape index (κ1) is 18.6. The largest absolute Gasteiger partial charge is 0.478 e. The standard InChI is InChI=1S/C17H16ClFN2O4S/c18-16-6-5-14(11-15(16)17(22)23)26(24,25)21-9-7-20(8-10-21)13-3-1-12(19)2-4-13/h1-6,11H,7-10H2,(H,22,23). The van der Waals surface area contributed by atoms with E-state index in [4.69, 9.17) is 16.7 Å². The minimum absolute atomic E-state index is 0.0161. The van der Waals surface area contributed by atoms with E-state index in [0.717, 1.165) is 11.8 Å². The van der Waals surface area contributed by atoms with Crippen molar-refractivity contribution in [3.8, 4) is 0 Å². The maximum atomic E-state index is 13.0. The molecule has 1 N–H and O–H groups in total. The fraction of sp³-hybridized carbons (Fsp3) is 0.235. The van der Waals surface area contributed by atoms with Crippen LogP contribution >= 0.6 is 11.6 Å². The summed E-state index contributed by atoms with van der Waals surface area (Å²) >= 11 is 5.80. The molecule has 26 heavy (non-hydrogen) atoms. The summed E-state index contributed by atoms with van der Waals surface area (Å²) in [6.45, 7) is 1.38. The third kappa shape index (κ3) is 3.67. The molecule has 0 aliphatic carbocycles. The summed E-state index contributed by atoms with van der Waals surface area (Å²) < 4.78 is 39.9. The Morgan fingerprint density at radius 1 is 1.04 bits per heavy atom. The lowest BCUT2D eigenvalue weighted by Crippen LogP contribution is -2.48. The highest BCUT2D eigenvalue weighted by Crippen LogP contribution is 2.25. The summed E-state index contributed by atoms with van der Waals surface area (Å²) in [4.78, 5) is 13.0. The Hall–Kier alpha value is -2.16. The number of aromatic carboxylic acids is 1. The first-order valence-electron chi connectivity index (χ1n) is 7.82. The van der Waals surface area contributed by atoms with Gasteiger partial charge in [-0.1, -0.05) is 11.6 Å². The molecule has 9 heteroatoms. The lowest BCUT2D eigenvalue weighted by molar-refractivity contribution is 0.0697. The third-order valence-corrected chi connectivity index (χ3v) is 6.46. The zero-order valence-electron chi connectivity index (χ0n) is 13.6. The van der Waals surface area contributed by atoms with Crippen LogP contribution in [0.1, 0.15) is 10.4 Å². The topological polar surface area (TPSA) is 77.9 Å². The van der Waals surface area contributed by atoms with Crippen LogP contribution in [0.15, 0.2) is 47.4 Å². The Morgan fingerprint density at radius 3 is 2.23 bits per heavy atom. The fourth-order valence-electron chi connectivity index (χ4n) is 2.82. The highest BCUT2D eigenvalue weighted by Gasteiger charge is 2.29. The smallest absolute Gasteiger partial charge is 0.337 e. The molecule has 1 aliphatic heterocycles. The Labute approximate surface area is 155 Å². The second-order valence-electron chi connectivity index (χ2n) is 5.81. The molecule has 1 heterocycles. The van der Waals surface area contributed by atoms with Crippen molar-refractivity contribution >= 4 is 33.3 Å². The number of hydrogen-bond donors (Lipinski definition) is 1. The highest BCUT2D eigenvalue weighted by atomic mass is 35.5. The molecule has 0 unspecified atom stereocenters. The highest BCUT2D eigenvalue weighted by molar-refractivity contribution is 7.89. The summed E-state index contributed by atoms with van der Waals surface area (Å²) in [5.74, 6) is -1.61. The molecule has 1 fully saturated rings. The van der Waals surface area contributed by atoms with Gasteiger partial charge in [0.05, 0.1) is 15.5 Å². The number of anilines is 1. The predicted molar refractivity (Wildman–Crippen MR) is 95.8 cm³/mol. The molecule has 2 aromatic rings. The average Bonchev–Trinajstić information content (AvgIpc) is 2.62. The van der Waals surface area contributed by atoms with E-state index in [2.05, 4.69) is 0 Å². The number of carboxylic acid groups (broad SMARTS) is 1. The summed E-state index contributed by atoms with van der Waals surface area (Å²) in [5.41, 5.74) is 0.570. The molecular weight excluding hydrogens is 383 g/mol. The summed E-state index contributed by atoms with van der Waals surface area (Å²) in [6.07, 6.45) is 0. The van der Waals surface area contributed by atoms with E-state index in [-0.39, 0.29) is 34.4 Å². The Morgan fingerprint density at radius 2 is 1.65 bits per heavy atom. The first-order chi connectivity index (χ1) is 12.3. The van der Waals surface area contributed by atoms with Crippen LogP contribution in [-0.2, 0) is 10.0 Å². The SMILES string of the molecule is O=C(O)c1cc(S(=O)(=O)N2CCN(c3ccc(F)cc3)CC2)ccc1Cl. The van der Waals surface area contributed by atoms with Gasteiger partial charge in [-0.2, -0.15) is 4.31 Å². The number of sulfonamides is 1. The summed E-state index contributed by atoms with van der Waals surface area (Å²) in [5, 5.41) is 9.10. The van der Waals surface area contributed by atoms with Gasteiger partial charge in [0.25, 0.3) is 0 Å². The molecule has 0 aromatic heterocycles. The first-order valence-corrected chi connectivity index (χ1v) is 9.64. The van der Waals surface area contributed by atoms with Crippen LogP contribution in [0.5, 0.6) is 0 Å². The number of piperazine rings is 1. The minimum atomic E-state index is -3.82. The van der Waals surface area contributed by atoms with Crippen LogP contribution in [0, 0.1) is 5.82 Å². The number of carboxylic acids is 1. The van der Waals surface area contributed by atoms with Gasteiger partial charge in [0.1, 0.15) is 5.82 Å². The summed E-state index contributed by atoms with van der Waals surface area (Å²) in [7, 11) is -3.82. The van der Waals surface area contributed by atoms with Crippen LogP contribution in [0.3, 0.4) is 0 Å². The third-order valence-electron chi connectivity index (χ3n) is 4.24. The monoisotopic (exact) mass is 398 g/mol. The Kier molecular flexibility index (Phi) is 5.17. The van der Waals surface area contributed by atoms with Crippen LogP contribution < -0.4 is 4.90 Å². The number of carbonyl (C=O) groups is 1. The van der Waals surface area contributed by atoms with Gasteiger partial charge in [-0.25, -0.2) is 17.6 Å². The van der Waals surface area contributed by atoms with Crippen LogP contribution in [0.4, 0.5) is 10.1 Å². The van der Waals surface area contributed by atoms with Crippen LogP contribution in [-0.4, -0.2) is 50.0 Å². The second kappa shape index (κ2) is 7.22. The van der Waals surface area contributed by atoms with Gasteiger partial charge in [0.15, 0.2) is 0 Å². The molecule has 0 amide bonds. The van der Waals surface area contributed by atoms with Gasteiger partial charge in [0.2, 0.25) is 10.0 Å². The molecule has 0 bridgehead atoms. The zero-order valence-corrected chi connectivity index (χ0v) is 15.2. The van der Waals surface area contributed by atoms with Gasteiger partial charge in [-0.3, -0.25) is 0 Å². The normalized spacial score (nSPS) is 15.8. The van der Waals surface area contributed by atoms with E-state index in [9.17, 15) is 17.6 Å². The van der Waals surface area contributed by atoms with E-state index >= 15 is 0 Å². The lowest BCUT2D eigenvalue weighted by atomic mass is 10.2. The second-order valence-corrected chi connectivity index (χ2v) is 8.16. The van der Waals surface area contributed by atoms with E-state index in [1.54, 1.807) is 12.1 Å². The van der Waals surface area contributed by atoms with Gasteiger partial charge in [-0.15, -0.1) is 0 Å². The zero-order chi connectivity index (χ0) is 18.9. The molecule has 0 spiro atoms. The molecule has 1 aliphatic rings. The van der Waals surface area contributed by atoms with Gasteiger partial charge in [0, 0.05) is 31.9 Å². The number of benzene rings is 2. The maximum Gasteiger partial charge on any atom is 0.337 e. The quantitative estimate of drug-likeness (QED) is 0.856. The Balaban J connectivity index is 1.77. The minimum Gasteiger partial charge on any atom is -0.478 e. The van der Waals surface area contributed by atoms with Crippen molar-refractivity contribution in [1.29, 1.82) is 0 Å². The van der Waals surface area contributed by atoms with Crippen molar-refractivity contribution < 1.29 is 22.7 Å². The molecule has 138 valence electrons. The number of rotatable bonds is 4. The van der Waals surface area contributed by atoms with Crippen LogP contribution in [0.2, 0.25) is 5.02 Å². The molecular formula is C17H16ClFN2O4S. The molecule has 3 rings (SSSR count). The molecule has 2 aromatic carbocycles. The van der Waals surface area contributed by atoms with Crippen molar-refractivity contribution in [2.45, 2.75) is 4.90 Å². The van der Waals surface area contributed by atoms with E-state index < -0.39 is 16.0 Å². The maximum absolute atomic E-state index is 13.0. The predicted octanol–water partition coefficient (Wildman–Crippen LogP) is 2.69. The molecule has 0 radical (unpaired) electrons. The van der Waals surface area contributed by atoms with Gasteiger partial charge in [-0.05, 0) is 42.5 Å². The van der Waals surface area contributed by atoms with Crippen molar-refractivity contribution in [2.75, 3.05) is 31.1 Å². The van der Waals surface area contributed by atoms with Crippen LogP contribution in [0.25, 0.3) is 0 Å². The molecule has 0 saturated carbocycles. The number of halogens is 2. The molecule has 0 atom stereocenters. The molecule has 1 saturated heterocycles. The number of nitrogens with zero attached hydrogens (tertiary/aromatic N) is 2. The van der Waals surface area contributed by atoms with E-state index in [1.807, 2.05) is 4.90 Å². The van der Waals surface area contributed by atoms with E-state index in [1.165, 1.54) is 28.6 Å². The average molecular weight is 399 g/mol. The van der Waals surface area contributed by atoms with Crippen molar-refractivity contribution in [2.24, 2.45) is 0 Å². The fourth-order valence-corrected chi connectivity index (χ4v) is 4.46. The van der Waals surface area contributed by atoms with Crippen molar-refractivity contribution in [3.63, 3.8) is 0 Å². The van der Waals surface area contributed by atoms with Gasteiger partial charge < -0.3 is 10.0 Å². The van der Waals surface area contributed by atoms with Crippen molar-refractivity contribution in [3.05, 3.63) is 58.9 Å². The van der Waals surface area contributed by atoms with E-state index in [0.29, 0.717) is 13.1 Å². The Bertz CT molecular complexity index is 926. The lowest BCUT2D eigenvalue weighted by Gasteiger charge is -2.35. The molecule has 6 nitrogen and oxygen atoms in total. The summed E-state index contributed by atoms with van der Waals surface area (Å²) in [6, 6.07) is 9.67. The number of hydrogen-bond acceptors (Lipinski definition) is 4.